The van der Waals surface area contributed by atoms with Crippen LogP contribution in [-0.4, -0.2) is 72.3 Å². The van der Waals surface area contributed by atoms with Crippen molar-refractivity contribution in [1.82, 2.24) is 10.2 Å². The molecule has 0 unspecified atom stereocenters. The first kappa shape index (κ1) is 21.6. The summed E-state index contributed by atoms with van der Waals surface area (Å²) in [6.45, 7) is 1.43. The van der Waals surface area contributed by atoms with Crippen LogP contribution >= 0.6 is 0 Å². The van der Waals surface area contributed by atoms with E-state index >= 15 is 0 Å². The van der Waals surface area contributed by atoms with Crippen LogP contribution in [0, 0.1) is 0 Å². The maximum Gasteiger partial charge on any atom is 0.319 e. The maximum atomic E-state index is 12.4. The third-order valence-electron chi connectivity index (χ3n) is 6.01. The fourth-order valence-corrected chi connectivity index (χ4v) is 4.44. The molecule has 2 heterocycles. The van der Waals surface area contributed by atoms with Gasteiger partial charge in [-0.05, 0) is 29.7 Å². The summed E-state index contributed by atoms with van der Waals surface area (Å²) in [5, 5.41) is 26.0. The molecule has 2 aliphatic rings. The van der Waals surface area contributed by atoms with Crippen molar-refractivity contribution >= 4 is 11.7 Å². The number of nitrogens with zero attached hydrogens (tertiary/aromatic N) is 1. The van der Waals surface area contributed by atoms with Crippen LogP contribution in [-0.2, 0) is 17.7 Å². The third kappa shape index (κ3) is 4.83. The molecule has 2 aromatic rings. The lowest BCUT2D eigenvalue weighted by Crippen LogP contribution is -2.52. The fourth-order valence-electron chi connectivity index (χ4n) is 4.44. The summed E-state index contributed by atoms with van der Waals surface area (Å²) in [7, 11) is 1.57. The SMILES string of the molecule is COc1cccc(NC(=O)NC[C@H]2O[C@@H](CO)[C@@H](O)[C@H]2N2CCc3ccccc3C2)c1. The number of hydrogen-bond donors (Lipinski definition) is 4. The predicted molar refractivity (Wildman–Crippen MR) is 116 cm³/mol. The van der Waals surface area contributed by atoms with Gasteiger partial charge in [0.2, 0.25) is 0 Å². The summed E-state index contributed by atoms with van der Waals surface area (Å²) in [5.41, 5.74) is 3.16. The molecule has 0 saturated carbocycles. The van der Waals surface area contributed by atoms with Crippen molar-refractivity contribution in [3.05, 3.63) is 59.7 Å². The van der Waals surface area contributed by atoms with Crippen molar-refractivity contribution in [2.75, 3.05) is 32.1 Å². The first-order valence-corrected chi connectivity index (χ1v) is 10.5. The van der Waals surface area contributed by atoms with Gasteiger partial charge in [0.25, 0.3) is 0 Å². The number of aliphatic hydroxyl groups is 2. The molecule has 0 spiro atoms. The molecule has 166 valence electrons. The molecular weight excluding hydrogens is 398 g/mol. The normalized spacial score (nSPS) is 25.6. The number of carbonyl (C=O) groups is 1. The highest BCUT2D eigenvalue weighted by Gasteiger charge is 2.46. The molecule has 8 heteroatoms. The van der Waals surface area contributed by atoms with Gasteiger partial charge in [0.15, 0.2) is 0 Å². The summed E-state index contributed by atoms with van der Waals surface area (Å²) >= 11 is 0. The summed E-state index contributed by atoms with van der Waals surface area (Å²) < 4.78 is 11.1. The number of urea groups is 1. The second-order valence-electron chi connectivity index (χ2n) is 7.93. The molecule has 8 nitrogen and oxygen atoms in total. The number of hydrogen-bond acceptors (Lipinski definition) is 6. The van der Waals surface area contributed by atoms with Gasteiger partial charge in [0.05, 0.1) is 25.9 Å². The van der Waals surface area contributed by atoms with E-state index in [1.807, 2.05) is 12.1 Å². The fraction of sp³-hybridized carbons (Fsp3) is 0.435. The number of nitrogens with one attached hydrogen (secondary N) is 2. The Labute approximate surface area is 181 Å². The monoisotopic (exact) mass is 427 g/mol. The summed E-state index contributed by atoms with van der Waals surface area (Å²) in [6, 6.07) is 14.7. The van der Waals surface area contributed by atoms with Crippen molar-refractivity contribution in [2.45, 2.75) is 37.3 Å². The average Bonchev–Trinajstić information content (AvgIpc) is 3.12. The summed E-state index contributed by atoms with van der Waals surface area (Å²) in [5.74, 6) is 0.649. The van der Waals surface area contributed by atoms with Gasteiger partial charge in [-0.3, -0.25) is 4.90 Å². The van der Waals surface area contributed by atoms with Crippen LogP contribution in [0.5, 0.6) is 5.75 Å². The number of fused-ring (bicyclic) bond motifs is 1. The number of rotatable bonds is 6. The smallest absolute Gasteiger partial charge is 0.319 e. The molecule has 31 heavy (non-hydrogen) atoms. The van der Waals surface area contributed by atoms with E-state index in [0.717, 1.165) is 13.0 Å². The van der Waals surface area contributed by atoms with Crippen molar-refractivity contribution in [1.29, 1.82) is 0 Å². The van der Waals surface area contributed by atoms with Crippen molar-refractivity contribution in [3.63, 3.8) is 0 Å². The number of carbonyl (C=O) groups excluding carboxylic acids is 1. The van der Waals surface area contributed by atoms with Gasteiger partial charge in [0, 0.05) is 31.4 Å². The lowest BCUT2D eigenvalue weighted by atomic mass is 9.95. The molecule has 0 radical (unpaired) electrons. The van der Waals surface area contributed by atoms with Gasteiger partial charge in [0.1, 0.15) is 18.0 Å². The quantitative estimate of drug-likeness (QED) is 0.555. The van der Waals surface area contributed by atoms with Crippen LogP contribution in [0.25, 0.3) is 0 Å². The van der Waals surface area contributed by atoms with Gasteiger partial charge in [-0.15, -0.1) is 0 Å². The number of methoxy groups -OCH3 is 1. The van der Waals surface area contributed by atoms with Crippen LogP contribution in [0.1, 0.15) is 11.1 Å². The Balaban J connectivity index is 1.40. The summed E-state index contributed by atoms with van der Waals surface area (Å²) in [6.07, 6.45) is -1.05. The molecule has 0 aliphatic carbocycles. The highest BCUT2D eigenvalue weighted by molar-refractivity contribution is 5.89. The topological polar surface area (TPSA) is 103 Å². The number of amides is 2. The van der Waals surface area contributed by atoms with E-state index in [-0.39, 0.29) is 25.2 Å². The minimum absolute atomic E-state index is 0.214. The lowest BCUT2D eigenvalue weighted by Gasteiger charge is -2.37. The molecule has 0 bridgehead atoms. The average molecular weight is 428 g/mol. The van der Waals surface area contributed by atoms with Crippen molar-refractivity contribution in [3.8, 4) is 5.75 Å². The predicted octanol–water partition coefficient (Wildman–Crippen LogP) is 1.36. The van der Waals surface area contributed by atoms with Gasteiger partial charge in [-0.1, -0.05) is 30.3 Å². The maximum absolute atomic E-state index is 12.4. The van der Waals surface area contributed by atoms with Crippen LogP contribution in [0.15, 0.2) is 48.5 Å². The Morgan fingerprint density at radius 1 is 1.19 bits per heavy atom. The van der Waals surface area contributed by atoms with E-state index < -0.39 is 18.3 Å². The molecule has 4 atom stereocenters. The van der Waals surface area contributed by atoms with E-state index in [1.54, 1.807) is 31.4 Å². The molecule has 4 N–H and O–H groups in total. The molecule has 0 aromatic heterocycles. The highest BCUT2D eigenvalue weighted by Crippen LogP contribution is 2.30. The Kier molecular flexibility index (Phi) is 6.72. The Morgan fingerprint density at radius 2 is 2.00 bits per heavy atom. The zero-order valence-corrected chi connectivity index (χ0v) is 17.5. The van der Waals surface area contributed by atoms with Crippen LogP contribution in [0.3, 0.4) is 0 Å². The van der Waals surface area contributed by atoms with E-state index in [4.69, 9.17) is 9.47 Å². The van der Waals surface area contributed by atoms with Gasteiger partial charge >= 0.3 is 6.03 Å². The second kappa shape index (κ2) is 9.65. The molecule has 2 amide bonds. The number of ether oxygens (including phenoxy) is 2. The van der Waals surface area contributed by atoms with Gasteiger partial charge < -0.3 is 30.3 Å². The molecule has 2 aromatic carbocycles. The van der Waals surface area contributed by atoms with Gasteiger partial charge in [-0.25, -0.2) is 4.79 Å². The second-order valence-corrected chi connectivity index (χ2v) is 7.93. The number of benzene rings is 2. The van der Waals surface area contributed by atoms with E-state index in [0.29, 0.717) is 18.0 Å². The number of anilines is 1. The van der Waals surface area contributed by atoms with E-state index in [9.17, 15) is 15.0 Å². The Bertz CT molecular complexity index is 908. The Hall–Kier alpha value is -2.65. The minimum Gasteiger partial charge on any atom is -0.497 e. The van der Waals surface area contributed by atoms with E-state index in [2.05, 4.69) is 27.7 Å². The zero-order valence-electron chi connectivity index (χ0n) is 17.5. The molecule has 1 fully saturated rings. The van der Waals surface area contributed by atoms with Crippen LogP contribution in [0.4, 0.5) is 10.5 Å². The van der Waals surface area contributed by atoms with Crippen LogP contribution in [0.2, 0.25) is 0 Å². The zero-order chi connectivity index (χ0) is 21.8. The standard InChI is InChI=1S/C23H29N3O5/c1-30-18-8-4-7-17(11-18)25-23(29)24-12-19-21(22(28)20(14-27)31-19)26-10-9-15-5-2-3-6-16(15)13-26/h2-8,11,19-22,27-28H,9-10,12-14H2,1H3,(H2,24,25,29)/t19-,20+,21+,22-/m1/s1. The van der Waals surface area contributed by atoms with Crippen molar-refractivity contribution in [2.24, 2.45) is 0 Å². The molecule has 1 saturated heterocycles. The largest absolute Gasteiger partial charge is 0.497 e. The van der Waals surface area contributed by atoms with Crippen LogP contribution < -0.4 is 15.4 Å². The highest BCUT2D eigenvalue weighted by atomic mass is 16.5. The first-order valence-electron chi connectivity index (χ1n) is 10.5. The van der Waals surface area contributed by atoms with E-state index in [1.165, 1.54) is 11.1 Å². The molecule has 4 rings (SSSR count). The first-order chi connectivity index (χ1) is 15.1. The number of aliphatic hydroxyl groups excluding tert-OH is 2. The summed E-state index contributed by atoms with van der Waals surface area (Å²) in [4.78, 5) is 14.6. The minimum atomic E-state index is -0.830. The Morgan fingerprint density at radius 3 is 2.77 bits per heavy atom. The van der Waals surface area contributed by atoms with Crippen molar-refractivity contribution < 1.29 is 24.5 Å². The third-order valence-corrected chi connectivity index (χ3v) is 6.01. The molecular formula is C23H29N3O5. The lowest BCUT2D eigenvalue weighted by molar-refractivity contribution is -0.0205. The molecule has 2 aliphatic heterocycles. The van der Waals surface area contributed by atoms with Gasteiger partial charge in [-0.2, -0.15) is 0 Å².